The van der Waals surface area contributed by atoms with Crippen LogP contribution in [-0.2, 0) is 4.79 Å². The van der Waals surface area contributed by atoms with Crippen molar-refractivity contribution in [2.75, 3.05) is 19.3 Å². The zero-order chi connectivity index (χ0) is 14.9. The van der Waals surface area contributed by atoms with Gasteiger partial charge in [-0.15, -0.1) is 11.8 Å². The predicted octanol–water partition coefficient (Wildman–Crippen LogP) is 1.60. The lowest BCUT2D eigenvalue weighted by Gasteiger charge is -2.27. The number of fused-ring (bicyclic) bond motifs is 1. The SMILES string of the molecule is CN[C@@H](C)C(=S)N[C@@H]1CCS[C@H]2CC(C)(C)CN2C1=O. The van der Waals surface area contributed by atoms with Crippen molar-refractivity contribution >= 4 is 34.9 Å². The molecule has 2 heterocycles. The van der Waals surface area contributed by atoms with Crippen LogP contribution in [0, 0.1) is 5.41 Å². The molecule has 1 amide bonds. The lowest BCUT2D eigenvalue weighted by atomic mass is 9.93. The second-order valence-corrected chi connectivity index (χ2v) is 8.25. The highest BCUT2D eigenvalue weighted by molar-refractivity contribution is 7.99. The summed E-state index contributed by atoms with van der Waals surface area (Å²) in [6.45, 7) is 7.35. The fourth-order valence-corrected chi connectivity index (χ4v) is 4.62. The fraction of sp³-hybridized carbons (Fsp3) is 0.857. The molecule has 114 valence electrons. The molecule has 0 unspecified atom stereocenters. The van der Waals surface area contributed by atoms with Gasteiger partial charge in [-0.2, -0.15) is 0 Å². The Kier molecular flexibility index (Phi) is 4.97. The van der Waals surface area contributed by atoms with E-state index in [4.69, 9.17) is 12.2 Å². The van der Waals surface area contributed by atoms with Gasteiger partial charge in [0.05, 0.1) is 16.4 Å². The van der Waals surface area contributed by atoms with Crippen molar-refractivity contribution in [3.05, 3.63) is 0 Å². The van der Waals surface area contributed by atoms with Crippen molar-refractivity contribution in [2.45, 2.75) is 51.1 Å². The summed E-state index contributed by atoms with van der Waals surface area (Å²) in [5, 5.41) is 6.72. The number of amides is 1. The maximum absolute atomic E-state index is 12.7. The van der Waals surface area contributed by atoms with Crippen molar-refractivity contribution < 1.29 is 4.79 Å². The fourth-order valence-electron chi connectivity index (χ4n) is 2.79. The molecule has 2 N–H and O–H groups in total. The summed E-state index contributed by atoms with van der Waals surface area (Å²) in [5.41, 5.74) is 0.230. The number of nitrogens with one attached hydrogen (secondary N) is 2. The molecule has 0 radical (unpaired) electrons. The van der Waals surface area contributed by atoms with E-state index in [1.807, 2.05) is 25.7 Å². The molecule has 2 rings (SSSR count). The number of thioether (sulfide) groups is 1. The van der Waals surface area contributed by atoms with Gasteiger partial charge in [0.2, 0.25) is 5.91 Å². The number of thiocarbonyl (C=S) groups is 1. The Balaban J connectivity index is 2.05. The van der Waals surface area contributed by atoms with Crippen LogP contribution >= 0.6 is 24.0 Å². The quantitative estimate of drug-likeness (QED) is 0.775. The molecular weight excluding hydrogens is 290 g/mol. The first-order chi connectivity index (χ1) is 9.34. The van der Waals surface area contributed by atoms with E-state index in [2.05, 4.69) is 29.4 Å². The number of likely N-dealkylation sites (N-methyl/N-ethyl adjacent to an activating group) is 1. The van der Waals surface area contributed by atoms with Crippen molar-refractivity contribution in [3.8, 4) is 0 Å². The Hall–Kier alpha value is -0.330. The second-order valence-electron chi connectivity index (χ2n) is 6.52. The smallest absolute Gasteiger partial charge is 0.246 e. The molecule has 2 fully saturated rings. The molecule has 0 aromatic rings. The first kappa shape index (κ1) is 16.0. The van der Waals surface area contributed by atoms with E-state index in [9.17, 15) is 4.79 Å². The molecule has 2 saturated heterocycles. The Bertz CT molecular complexity index is 400. The van der Waals surface area contributed by atoms with Gasteiger partial charge in [0.25, 0.3) is 0 Å². The van der Waals surface area contributed by atoms with Gasteiger partial charge >= 0.3 is 0 Å². The third kappa shape index (κ3) is 3.46. The number of rotatable bonds is 3. The number of carbonyl (C=O) groups is 1. The van der Waals surface area contributed by atoms with Gasteiger partial charge in [0, 0.05) is 6.54 Å². The van der Waals surface area contributed by atoms with E-state index >= 15 is 0 Å². The highest BCUT2D eigenvalue weighted by atomic mass is 32.2. The summed E-state index contributed by atoms with van der Waals surface area (Å²) in [7, 11) is 1.88. The van der Waals surface area contributed by atoms with E-state index in [1.54, 1.807) is 0 Å². The minimum Gasteiger partial charge on any atom is -0.367 e. The average Bonchev–Trinajstić information content (AvgIpc) is 2.63. The largest absolute Gasteiger partial charge is 0.367 e. The standard InChI is InChI=1S/C14H25N3OS2/c1-9(15-4)12(19)16-10-5-6-20-11-7-14(2,3)8-17(11)13(10)18/h9-11,15H,5-8H2,1-4H3,(H,16,19)/t9-,10+,11-/m0/s1. The Morgan fingerprint density at radius 3 is 2.90 bits per heavy atom. The molecule has 0 aromatic carbocycles. The first-order valence-electron chi connectivity index (χ1n) is 7.24. The molecule has 4 nitrogen and oxygen atoms in total. The summed E-state index contributed by atoms with van der Waals surface area (Å²) in [5.74, 6) is 1.23. The van der Waals surface area contributed by atoms with E-state index in [1.165, 1.54) is 0 Å². The van der Waals surface area contributed by atoms with Crippen LogP contribution in [0.3, 0.4) is 0 Å². The lowest BCUT2D eigenvalue weighted by Crippen LogP contribution is -2.51. The van der Waals surface area contributed by atoms with Crippen LogP contribution < -0.4 is 10.6 Å². The van der Waals surface area contributed by atoms with Gasteiger partial charge < -0.3 is 15.5 Å². The van der Waals surface area contributed by atoms with E-state index in [-0.39, 0.29) is 23.4 Å². The lowest BCUT2D eigenvalue weighted by molar-refractivity contribution is -0.132. The van der Waals surface area contributed by atoms with Crippen LogP contribution in [0.15, 0.2) is 0 Å². The van der Waals surface area contributed by atoms with Crippen LogP contribution in [0.2, 0.25) is 0 Å². The topological polar surface area (TPSA) is 44.4 Å². The summed E-state index contributed by atoms with van der Waals surface area (Å²) >= 11 is 7.28. The number of carbonyl (C=O) groups excluding carboxylic acids is 1. The summed E-state index contributed by atoms with van der Waals surface area (Å²) in [4.78, 5) is 15.5. The molecule has 20 heavy (non-hydrogen) atoms. The van der Waals surface area contributed by atoms with Gasteiger partial charge in [-0.05, 0) is 38.0 Å². The van der Waals surface area contributed by atoms with E-state index in [0.717, 1.165) is 30.1 Å². The van der Waals surface area contributed by atoms with Crippen LogP contribution in [0.5, 0.6) is 0 Å². The Labute approximate surface area is 131 Å². The number of hydrogen-bond acceptors (Lipinski definition) is 4. The molecule has 0 aliphatic carbocycles. The Morgan fingerprint density at radius 2 is 2.25 bits per heavy atom. The van der Waals surface area contributed by atoms with Crippen molar-refractivity contribution in [3.63, 3.8) is 0 Å². The molecular formula is C14H25N3OS2. The minimum atomic E-state index is -0.162. The van der Waals surface area contributed by atoms with Crippen molar-refractivity contribution in [2.24, 2.45) is 5.41 Å². The van der Waals surface area contributed by atoms with Gasteiger partial charge in [-0.25, -0.2) is 0 Å². The minimum absolute atomic E-state index is 0.0968. The zero-order valence-electron chi connectivity index (χ0n) is 12.7. The first-order valence-corrected chi connectivity index (χ1v) is 8.69. The number of nitrogens with zero attached hydrogens (tertiary/aromatic N) is 1. The summed E-state index contributed by atoms with van der Waals surface area (Å²) in [6.07, 6.45) is 1.95. The number of hydrogen-bond donors (Lipinski definition) is 2. The average molecular weight is 316 g/mol. The monoisotopic (exact) mass is 315 g/mol. The van der Waals surface area contributed by atoms with Gasteiger partial charge in [0.1, 0.15) is 6.04 Å². The molecule has 2 aliphatic rings. The van der Waals surface area contributed by atoms with Crippen LogP contribution in [0.25, 0.3) is 0 Å². The van der Waals surface area contributed by atoms with Crippen LogP contribution in [0.4, 0.5) is 0 Å². The molecule has 0 aromatic heterocycles. The highest BCUT2D eigenvalue weighted by Crippen LogP contribution is 2.41. The van der Waals surface area contributed by atoms with Crippen LogP contribution in [0.1, 0.15) is 33.6 Å². The van der Waals surface area contributed by atoms with Crippen molar-refractivity contribution in [1.82, 2.24) is 15.5 Å². The third-order valence-corrected chi connectivity index (χ3v) is 5.86. The summed E-state index contributed by atoms with van der Waals surface area (Å²) < 4.78 is 0. The highest BCUT2D eigenvalue weighted by Gasteiger charge is 2.43. The van der Waals surface area contributed by atoms with Crippen LogP contribution in [-0.4, -0.2) is 52.6 Å². The predicted molar refractivity (Wildman–Crippen MR) is 89.0 cm³/mol. The normalized spacial score (nSPS) is 30.6. The Morgan fingerprint density at radius 1 is 1.55 bits per heavy atom. The molecule has 0 spiro atoms. The van der Waals surface area contributed by atoms with Crippen molar-refractivity contribution in [1.29, 1.82) is 0 Å². The van der Waals surface area contributed by atoms with Gasteiger partial charge in [0.15, 0.2) is 0 Å². The molecule has 6 heteroatoms. The van der Waals surface area contributed by atoms with Gasteiger partial charge in [-0.3, -0.25) is 4.79 Å². The second kappa shape index (κ2) is 6.20. The molecule has 0 bridgehead atoms. The molecule has 0 saturated carbocycles. The summed E-state index contributed by atoms with van der Waals surface area (Å²) in [6, 6.07) is -0.0655. The maximum Gasteiger partial charge on any atom is 0.246 e. The van der Waals surface area contributed by atoms with Gasteiger partial charge in [-0.1, -0.05) is 26.1 Å². The zero-order valence-corrected chi connectivity index (χ0v) is 14.4. The molecule has 2 aliphatic heterocycles. The maximum atomic E-state index is 12.7. The molecule has 3 atom stereocenters. The van der Waals surface area contributed by atoms with E-state index in [0.29, 0.717) is 5.37 Å². The third-order valence-electron chi connectivity index (χ3n) is 4.11. The van der Waals surface area contributed by atoms with E-state index < -0.39 is 0 Å².